The number of fused-ring (bicyclic) bond motifs is 1. The van der Waals surface area contributed by atoms with Gasteiger partial charge in [0.2, 0.25) is 5.91 Å². The fourth-order valence-corrected chi connectivity index (χ4v) is 5.01. The first-order valence-electron chi connectivity index (χ1n) is 11.3. The first kappa shape index (κ1) is 22.1. The van der Waals surface area contributed by atoms with Crippen LogP contribution in [0.5, 0.6) is 0 Å². The van der Waals surface area contributed by atoms with Crippen molar-refractivity contribution in [2.75, 3.05) is 7.05 Å². The van der Waals surface area contributed by atoms with Crippen LogP contribution in [0.4, 0.5) is 8.78 Å². The minimum absolute atomic E-state index is 0.0359. The quantitative estimate of drug-likeness (QED) is 0.586. The zero-order valence-electron chi connectivity index (χ0n) is 19.2. The number of aromatic nitrogens is 2. The predicted molar refractivity (Wildman–Crippen MR) is 128 cm³/mol. The highest BCUT2D eigenvalue weighted by Crippen LogP contribution is 2.43. The summed E-state index contributed by atoms with van der Waals surface area (Å²) in [5, 5.41) is 0.564. The number of hydrogen-bond acceptors (Lipinski definition) is 2. The molecule has 0 fully saturated rings. The largest absolute Gasteiger partial charge is 0.350 e. The number of nitrogens with zero attached hydrogens (tertiary/aromatic N) is 2. The van der Waals surface area contributed by atoms with E-state index in [1.165, 1.54) is 22.8 Å². The minimum Gasteiger partial charge on any atom is -0.350 e. The van der Waals surface area contributed by atoms with Crippen LogP contribution in [0.25, 0.3) is 22.2 Å². The van der Waals surface area contributed by atoms with Crippen LogP contribution < -0.4 is 5.56 Å². The van der Waals surface area contributed by atoms with E-state index in [1.807, 2.05) is 12.3 Å². The van der Waals surface area contributed by atoms with Gasteiger partial charge in [0.15, 0.2) is 0 Å². The molecule has 2 aliphatic rings. The van der Waals surface area contributed by atoms with Crippen molar-refractivity contribution in [2.24, 2.45) is 13.0 Å². The molecule has 2 atom stereocenters. The van der Waals surface area contributed by atoms with E-state index in [0.29, 0.717) is 5.39 Å². The Labute approximate surface area is 195 Å². The van der Waals surface area contributed by atoms with Gasteiger partial charge in [-0.05, 0) is 47.2 Å². The Kier molecular flexibility index (Phi) is 5.35. The van der Waals surface area contributed by atoms with Crippen molar-refractivity contribution >= 4 is 16.8 Å². The van der Waals surface area contributed by atoms with Gasteiger partial charge < -0.3 is 14.5 Å². The van der Waals surface area contributed by atoms with E-state index in [1.54, 1.807) is 31.3 Å². The smallest absolute Gasteiger partial charge is 0.274 e. The summed E-state index contributed by atoms with van der Waals surface area (Å²) < 4.78 is 30.5. The molecule has 5 nitrogen and oxygen atoms in total. The first-order chi connectivity index (χ1) is 16.3. The van der Waals surface area contributed by atoms with Crippen molar-refractivity contribution in [3.05, 3.63) is 93.6 Å². The molecule has 0 bridgehead atoms. The normalized spacial score (nSPS) is 20.6. The van der Waals surface area contributed by atoms with Crippen LogP contribution in [0.2, 0.25) is 0 Å². The molecule has 174 valence electrons. The second-order valence-electron chi connectivity index (χ2n) is 9.10. The van der Waals surface area contributed by atoms with Gasteiger partial charge in [-0.3, -0.25) is 9.59 Å². The number of H-pyrrole nitrogens is 1. The van der Waals surface area contributed by atoms with Crippen molar-refractivity contribution in [2.45, 2.75) is 25.7 Å². The Morgan fingerprint density at radius 2 is 1.82 bits per heavy atom. The van der Waals surface area contributed by atoms with Crippen molar-refractivity contribution in [3.63, 3.8) is 0 Å². The number of hydrogen-bond donors (Lipinski definition) is 1. The standard InChI is InChI=1S/C27H25F2N3O2/c1-15-7-4-5-8-16(15)19-13-31(2)24(33)12-17(19)20-14-32(3)27(34)26-18(20)11-23(30-26)25-21(28)9-6-10-22(25)29/h4-6,8-11,13-15,17,30H,7,12H2,1-3H3. The van der Waals surface area contributed by atoms with E-state index < -0.39 is 11.6 Å². The number of aromatic amines is 1. The van der Waals surface area contributed by atoms with E-state index in [4.69, 9.17) is 0 Å². The SMILES string of the molecule is CC1CC=CC=C1C1=CN(C)C(=O)CC1c1cn(C)c(=O)c2[nH]c(-c3c(F)cccc3F)cc12. The van der Waals surface area contributed by atoms with Crippen LogP contribution in [0.3, 0.4) is 0 Å². The lowest BCUT2D eigenvalue weighted by molar-refractivity contribution is -0.128. The minimum atomic E-state index is -0.715. The lowest BCUT2D eigenvalue weighted by atomic mass is 9.76. The zero-order valence-corrected chi connectivity index (χ0v) is 19.2. The molecule has 7 heteroatoms. The topological polar surface area (TPSA) is 58.1 Å². The summed E-state index contributed by atoms with van der Waals surface area (Å²) in [6.07, 6.45) is 11.0. The third kappa shape index (κ3) is 3.52. The molecule has 5 rings (SSSR count). The highest BCUT2D eigenvalue weighted by Gasteiger charge is 2.33. The number of carbonyl (C=O) groups is 1. The van der Waals surface area contributed by atoms with Crippen molar-refractivity contribution < 1.29 is 13.6 Å². The van der Waals surface area contributed by atoms with Crippen molar-refractivity contribution in [1.29, 1.82) is 0 Å². The molecule has 0 saturated heterocycles. The van der Waals surface area contributed by atoms with Gasteiger partial charge in [-0.25, -0.2) is 8.78 Å². The summed E-state index contributed by atoms with van der Waals surface area (Å²) in [5.41, 5.74) is 2.85. The first-order valence-corrected chi connectivity index (χ1v) is 11.3. The number of allylic oxidation sites excluding steroid dienone is 5. The van der Waals surface area contributed by atoms with Crippen LogP contribution >= 0.6 is 0 Å². The van der Waals surface area contributed by atoms with Crippen LogP contribution in [0.1, 0.15) is 31.2 Å². The molecule has 1 aliphatic carbocycles. The number of halogens is 2. The van der Waals surface area contributed by atoms with Gasteiger partial charge >= 0.3 is 0 Å². The molecule has 1 aliphatic heterocycles. The van der Waals surface area contributed by atoms with Crippen LogP contribution in [-0.4, -0.2) is 27.4 Å². The van der Waals surface area contributed by atoms with E-state index in [9.17, 15) is 18.4 Å². The second kappa shape index (κ2) is 8.24. The maximum Gasteiger partial charge on any atom is 0.274 e. The average Bonchev–Trinajstić information content (AvgIpc) is 3.23. The Balaban J connectivity index is 1.75. The van der Waals surface area contributed by atoms with Crippen molar-refractivity contribution in [3.8, 4) is 11.3 Å². The van der Waals surface area contributed by atoms with Crippen LogP contribution in [0, 0.1) is 17.6 Å². The molecule has 0 radical (unpaired) electrons. The summed E-state index contributed by atoms with van der Waals surface area (Å²) in [7, 11) is 3.38. The molecule has 3 aromatic rings. The van der Waals surface area contributed by atoms with E-state index in [-0.39, 0.29) is 46.5 Å². The summed E-state index contributed by atoms with van der Waals surface area (Å²) in [5.74, 6) is -1.49. The maximum atomic E-state index is 14.5. The molecular weight excluding hydrogens is 436 g/mol. The van der Waals surface area contributed by atoms with Crippen LogP contribution in [0.15, 0.2) is 70.8 Å². The molecule has 34 heavy (non-hydrogen) atoms. The lowest BCUT2D eigenvalue weighted by Gasteiger charge is -2.33. The molecule has 1 amide bonds. The summed E-state index contributed by atoms with van der Waals surface area (Å²) >= 11 is 0. The molecule has 0 saturated carbocycles. The third-order valence-electron chi connectivity index (χ3n) is 6.85. The lowest BCUT2D eigenvalue weighted by Crippen LogP contribution is -2.31. The highest BCUT2D eigenvalue weighted by atomic mass is 19.1. The molecule has 0 spiro atoms. The number of aryl methyl sites for hydroxylation is 1. The highest BCUT2D eigenvalue weighted by molar-refractivity contribution is 5.90. The van der Waals surface area contributed by atoms with E-state index in [0.717, 1.165) is 23.1 Å². The Morgan fingerprint density at radius 3 is 2.53 bits per heavy atom. The Morgan fingerprint density at radius 1 is 1.09 bits per heavy atom. The molecule has 1 N–H and O–H groups in total. The number of pyridine rings is 1. The number of nitrogens with one attached hydrogen (secondary N) is 1. The second-order valence-corrected chi connectivity index (χ2v) is 9.10. The van der Waals surface area contributed by atoms with Gasteiger partial charge in [0, 0.05) is 44.2 Å². The Hall–Kier alpha value is -3.74. The number of rotatable bonds is 3. The maximum absolute atomic E-state index is 14.5. The van der Waals surface area contributed by atoms with Gasteiger partial charge in [0.1, 0.15) is 17.2 Å². The molecule has 1 aromatic carbocycles. The van der Waals surface area contributed by atoms with Crippen molar-refractivity contribution in [1.82, 2.24) is 14.5 Å². The third-order valence-corrected chi connectivity index (χ3v) is 6.85. The summed E-state index contributed by atoms with van der Waals surface area (Å²) in [6, 6.07) is 5.29. The number of carbonyl (C=O) groups excluding carboxylic acids is 1. The van der Waals surface area contributed by atoms with Gasteiger partial charge in [0.25, 0.3) is 5.56 Å². The van der Waals surface area contributed by atoms with Gasteiger partial charge in [-0.15, -0.1) is 0 Å². The number of amides is 1. The van der Waals surface area contributed by atoms with Crippen LogP contribution in [-0.2, 0) is 11.8 Å². The van der Waals surface area contributed by atoms with E-state index in [2.05, 4.69) is 24.1 Å². The number of benzene rings is 1. The molecule has 2 aromatic heterocycles. The Bertz CT molecular complexity index is 1450. The predicted octanol–water partition coefficient (Wildman–Crippen LogP) is 5.16. The van der Waals surface area contributed by atoms with Gasteiger partial charge in [-0.1, -0.05) is 31.2 Å². The zero-order chi connectivity index (χ0) is 24.1. The van der Waals surface area contributed by atoms with Gasteiger partial charge in [0.05, 0.1) is 11.3 Å². The fraction of sp³-hybridized carbons (Fsp3) is 0.259. The van der Waals surface area contributed by atoms with Gasteiger partial charge in [-0.2, -0.15) is 0 Å². The average molecular weight is 462 g/mol. The van der Waals surface area contributed by atoms with E-state index >= 15 is 0 Å². The summed E-state index contributed by atoms with van der Waals surface area (Å²) in [6.45, 7) is 2.15. The molecule has 2 unspecified atom stereocenters. The molecule has 3 heterocycles. The molecular formula is C27H25F2N3O2. The summed E-state index contributed by atoms with van der Waals surface area (Å²) in [4.78, 5) is 30.3. The monoisotopic (exact) mass is 461 g/mol. The fourth-order valence-electron chi connectivity index (χ4n) is 5.01.